The summed E-state index contributed by atoms with van der Waals surface area (Å²) < 4.78 is 5.77. The predicted octanol–water partition coefficient (Wildman–Crippen LogP) is 2.53. The number of aliphatic hydroxyl groups excluding tert-OH is 1. The summed E-state index contributed by atoms with van der Waals surface area (Å²) >= 11 is 0. The van der Waals surface area contributed by atoms with Crippen LogP contribution in [0.3, 0.4) is 0 Å². The van der Waals surface area contributed by atoms with Gasteiger partial charge in [0.15, 0.2) is 0 Å². The van der Waals surface area contributed by atoms with E-state index in [4.69, 9.17) is 14.7 Å². The van der Waals surface area contributed by atoms with E-state index >= 15 is 0 Å². The van der Waals surface area contributed by atoms with E-state index < -0.39 is 0 Å². The van der Waals surface area contributed by atoms with E-state index in [9.17, 15) is 4.79 Å². The van der Waals surface area contributed by atoms with Gasteiger partial charge in [0.05, 0.1) is 12.6 Å². The maximum absolute atomic E-state index is 10.7. The topological polar surface area (TPSA) is 59.0 Å². The van der Waals surface area contributed by atoms with Crippen LogP contribution in [-0.2, 0) is 20.9 Å². The first-order valence-corrected chi connectivity index (χ1v) is 7.91. The van der Waals surface area contributed by atoms with Gasteiger partial charge < -0.3 is 14.7 Å². The van der Waals surface area contributed by atoms with Gasteiger partial charge in [0.2, 0.25) is 0 Å². The second-order valence-electron chi connectivity index (χ2n) is 5.20. The summed E-state index contributed by atoms with van der Waals surface area (Å²) in [6.45, 7) is 4.48. The molecule has 0 aliphatic heterocycles. The van der Waals surface area contributed by atoms with Crippen molar-refractivity contribution < 1.29 is 19.5 Å². The van der Waals surface area contributed by atoms with Gasteiger partial charge in [0.1, 0.15) is 0 Å². The molecule has 0 saturated carbocycles. The Hall–Kier alpha value is -1.43. The number of hydroxylamine groups is 2. The molecule has 5 heteroatoms. The monoisotopic (exact) mass is 309 g/mol. The van der Waals surface area contributed by atoms with Gasteiger partial charge in [-0.05, 0) is 24.8 Å². The quantitative estimate of drug-likeness (QED) is 0.345. The third-order valence-corrected chi connectivity index (χ3v) is 3.40. The maximum atomic E-state index is 10.7. The highest BCUT2D eigenvalue weighted by Gasteiger charge is 2.13. The number of nitrogens with zero attached hydrogens (tertiary/aromatic N) is 1. The summed E-state index contributed by atoms with van der Waals surface area (Å²) in [5.74, 6) is 0. The number of ether oxygens (including phenoxy) is 1. The van der Waals surface area contributed by atoms with Crippen molar-refractivity contribution >= 4 is 6.47 Å². The van der Waals surface area contributed by atoms with Gasteiger partial charge in [-0.3, -0.25) is 4.79 Å². The van der Waals surface area contributed by atoms with Gasteiger partial charge in [-0.25, -0.2) is 0 Å². The first-order chi connectivity index (χ1) is 10.8. The van der Waals surface area contributed by atoms with Gasteiger partial charge in [0.25, 0.3) is 0 Å². The number of unbranched alkanes of at least 4 members (excludes halogenated alkanes) is 1. The average molecular weight is 309 g/mol. The zero-order valence-corrected chi connectivity index (χ0v) is 13.3. The van der Waals surface area contributed by atoms with Gasteiger partial charge in [-0.1, -0.05) is 43.7 Å². The van der Waals surface area contributed by atoms with Gasteiger partial charge in [-0.15, -0.1) is 5.06 Å². The van der Waals surface area contributed by atoms with Crippen LogP contribution in [0.4, 0.5) is 0 Å². The number of benzene rings is 1. The van der Waals surface area contributed by atoms with E-state index in [1.165, 1.54) is 0 Å². The van der Waals surface area contributed by atoms with Gasteiger partial charge in [0, 0.05) is 19.8 Å². The normalized spacial score (nSPS) is 12.3. The molecule has 0 bridgehead atoms. The van der Waals surface area contributed by atoms with Crippen molar-refractivity contribution in [2.45, 2.75) is 45.3 Å². The van der Waals surface area contributed by atoms with E-state index in [-0.39, 0.29) is 12.7 Å². The Morgan fingerprint density at radius 2 is 2.05 bits per heavy atom. The molecule has 1 atom stereocenters. The summed E-state index contributed by atoms with van der Waals surface area (Å²) in [5, 5.41) is 10.7. The standard InChI is InChI=1S/C17H27NO4/c1-2-3-13-21-17(10-12-19)9-11-18(22-15-20)14-16-7-5-4-6-8-16/h4-8,15,17,19H,2-3,9-14H2,1H3/t17-/m0/s1. The zero-order chi connectivity index (χ0) is 16.0. The molecule has 0 saturated heterocycles. The Morgan fingerprint density at radius 3 is 2.68 bits per heavy atom. The highest BCUT2D eigenvalue weighted by molar-refractivity contribution is 5.36. The molecule has 124 valence electrons. The molecule has 0 unspecified atom stereocenters. The lowest BCUT2D eigenvalue weighted by atomic mass is 10.1. The van der Waals surface area contributed by atoms with Crippen LogP contribution < -0.4 is 0 Å². The molecule has 1 N–H and O–H groups in total. The molecule has 0 radical (unpaired) electrons. The first kappa shape index (κ1) is 18.6. The van der Waals surface area contributed by atoms with Crippen molar-refractivity contribution in [2.24, 2.45) is 0 Å². The van der Waals surface area contributed by atoms with Crippen molar-refractivity contribution in [1.29, 1.82) is 0 Å². The SMILES string of the molecule is CCCCO[C@H](CCO)CCN(Cc1ccccc1)OC=O. The molecular weight excluding hydrogens is 282 g/mol. The molecule has 0 aromatic heterocycles. The van der Waals surface area contributed by atoms with Crippen molar-refractivity contribution in [3.05, 3.63) is 35.9 Å². The summed E-state index contributed by atoms with van der Waals surface area (Å²) in [7, 11) is 0. The summed E-state index contributed by atoms with van der Waals surface area (Å²) in [6.07, 6.45) is 3.40. The van der Waals surface area contributed by atoms with E-state index in [1.807, 2.05) is 30.3 Å². The highest BCUT2D eigenvalue weighted by atomic mass is 16.7. The lowest BCUT2D eigenvalue weighted by molar-refractivity contribution is -0.179. The Labute approximate surface area is 132 Å². The number of rotatable bonds is 13. The van der Waals surface area contributed by atoms with E-state index in [0.717, 1.165) is 18.4 Å². The fourth-order valence-corrected chi connectivity index (χ4v) is 2.15. The van der Waals surface area contributed by atoms with E-state index in [0.29, 0.717) is 39.0 Å². The minimum atomic E-state index is -0.00919. The summed E-state index contributed by atoms with van der Waals surface area (Å²) in [5.41, 5.74) is 1.08. The number of aliphatic hydroxyl groups is 1. The maximum Gasteiger partial charge on any atom is 0.313 e. The predicted molar refractivity (Wildman–Crippen MR) is 85.0 cm³/mol. The van der Waals surface area contributed by atoms with Crippen molar-refractivity contribution in [3.8, 4) is 0 Å². The van der Waals surface area contributed by atoms with Gasteiger partial charge >= 0.3 is 6.47 Å². The van der Waals surface area contributed by atoms with Crippen LogP contribution in [0.15, 0.2) is 30.3 Å². The minimum Gasteiger partial charge on any atom is -0.396 e. The van der Waals surface area contributed by atoms with E-state index in [2.05, 4.69) is 6.92 Å². The van der Waals surface area contributed by atoms with Crippen molar-refractivity contribution in [1.82, 2.24) is 5.06 Å². The van der Waals surface area contributed by atoms with Crippen LogP contribution in [0, 0.1) is 0 Å². The molecule has 0 fully saturated rings. The van der Waals surface area contributed by atoms with E-state index in [1.54, 1.807) is 5.06 Å². The molecule has 1 aromatic carbocycles. The largest absolute Gasteiger partial charge is 0.396 e. The zero-order valence-electron chi connectivity index (χ0n) is 13.3. The molecule has 0 aliphatic carbocycles. The minimum absolute atomic E-state index is 0.00919. The van der Waals surface area contributed by atoms with Crippen molar-refractivity contribution in [3.63, 3.8) is 0 Å². The van der Waals surface area contributed by atoms with Crippen LogP contribution in [0.2, 0.25) is 0 Å². The molecule has 22 heavy (non-hydrogen) atoms. The van der Waals surface area contributed by atoms with Crippen LogP contribution in [0.1, 0.15) is 38.2 Å². The fraction of sp³-hybridized carbons (Fsp3) is 0.588. The van der Waals surface area contributed by atoms with Gasteiger partial charge in [-0.2, -0.15) is 0 Å². The second-order valence-corrected chi connectivity index (χ2v) is 5.20. The van der Waals surface area contributed by atoms with Crippen LogP contribution in [0.5, 0.6) is 0 Å². The molecule has 1 rings (SSSR count). The first-order valence-electron chi connectivity index (χ1n) is 7.91. The Bertz CT molecular complexity index is 386. The van der Waals surface area contributed by atoms with Crippen LogP contribution in [-0.4, -0.2) is 42.5 Å². The smallest absolute Gasteiger partial charge is 0.313 e. The molecule has 5 nitrogen and oxygen atoms in total. The lowest BCUT2D eigenvalue weighted by Crippen LogP contribution is -2.28. The fourth-order valence-electron chi connectivity index (χ4n) is 2.15. The summed E-state index contributed by atoms with van der Waals surface area (Å²) in [4.78, 5) is 15.7. The number of carbonyl (C=O) groups is 1. The summed E-state index contributed by atoms with van der Waals surface area (Å²) in [6, 6.07) is 9.84. The van der Waals surface area contributed by atoms with Crippen LogP contribution >= 0.6 is 0 Å². The third kappa shape index (κ3) is 8.12. The number of hydrogen-bond acceptors (Lipinski definition) is 5. The molecule has 0 spiro atoms. The Balaban J connectivity index is 2.44. The molecular formula is C17H27NO4. The molecule has 0 heterocycles. The Morgan fingerprint density at radius 1 is 1.27 bits per heavy atom. The highest BCUT2D eigenvalue weighted by Crippen LogP contribution is 2.10. The molecule has 1 aromatic rings. The third-order valence-electron chi connectivity index (χ3n) is 3.40. The molecule has 0 amide bonds. The molecule has 0 aliphatic rings. The number of hydrogen-bond donors (Lipinski definition) is 1. The Kier molecular flexibility index (Phi) is 10.3. The van der Waals surface area contributed by atoms with Crippen LogP contribution in [0.25, 0.3) is 0 Å². The lowest BCUT2D eigenvalue weighted by Gasteiger charge is -2.22. The second kappa shape index (κ2) is 12.1. The van der Waals surface area contributed by atoms with Crippen molar-refractivity contribution in [2.75, 3.05) is 19.8 Å². The average Bonchev–Trinajstić information content (AvgIpc) is 2.54. The number of carbonyl (C=O) groups excluding carboxylic acids is 1.